The number of aromatic hydroxyl groups is 1. The summed E-state index contributed by atoms with van der Waals surface area (Å²) >= 11 is 5.92. The molecule has 1 N–H and O–H groups in total. The SMILES string of the molecule is O=C1CC2CCc3cc(O)ccc3C2=NN1c1ccc(Cl)cc1. The van der Waals surface area contributed by atoms with Crippen molar-refractivity contribution >= 4 is 28.9 Å². The summed E-state index contributed by atoms with van der Waals surface area (Å²) in [6.07, 6.45) is 2.21. The fourth-order valence-electron chi connectivity index (χ4n) is 3.30. The number of hydrogen-bond donors (Lipinski definition) is 1. The van der Waals surface area contributed by atoms with E-state index in [1.165, 1.54) is 5.01 Å². The number of benzene rings is 2. The quantitative estimate of drug-likeness (QED) is 0.867. The highest BCUT2D eigenvalue weighted by Gasteiger charge is 2.34. The van der Waals surface area contributed by atoms with Crippen molar-refractivity contribution in [3.63, 3.8) is 0 Å². The predicted octanol–water partition coefficient (Wildman–Crippen LogP) is 3.75. The number of hydrogen-bond acceptors (Lipinski definition) is 3. The molecular weight excluding hydrogens is 312 g/mol. The van der Waals surface area contributed by atoms with E-state index in [4.69, 9.17) is 11.6 Å². The molecule has 1 heterocycles. The second-order valence-electron chi connectivity index (χ2n) is 5.95. The Balaban J connectivity index is 1.79. The first-order valence-corrected chi connectivity index (χ1v) is 7.99. The van der Waals surface area contributed by atoms with Crippen molar-refractivity contribution in [2.45, 2.75) is 19.3 Å². The van der Waals surface area contributed by atoms with Gasteiger partial charge in [0.15, 0.2) is 0 Å². The van der Waals surface area contributed by atoms with Crippen LogP contribution in [0.2, 0.25) is 5.02 Å². The lowest BCUT2D eigenvalue weighted by molar-refractivity contribution is -0.119. The van der Waals surface area contributed by atoms with E-state index in [1.54, 1.807) is 36.4 Å². The highest BCUT2D eigenvalue weighted by atomic mass is 35.5. The van der Waals surface area contributed by atoms with E-state index in [-0.39, 0.29) is 17.6 Å². The Morgan fingerprint density at radius 3 is 2.74 bits per heavy atom. The van der Waals surface area contributed by atoms with Crippen LogP contribution in [0.15, 0.2) is 47.6 Å². The zero-order chi connectivity index (χ0) is 16.0. The number of amides is 1. The first-order valence-electron chi connectivity index (χ1n) is 7.61. The predicted molar refractivity (Wildman–Crippen MR) is 90.0 cm³/mol. The number of phenolic OH excluding ortho intramolecular Hbond substituents is 1. The van der Waals surface area contributed by atoms with Gasteiger partial charge in [-0.15, -0.1) is 0 Å². The number of fused-ring (bicyclic) bond motifs is 3. The number of rotatable bonds is 1. The summed E-state index contributed by atoms with van der Waals surface area (Å²) in [6, 6.07) is 12.5. The molecule has 5 heteroatoms. The van der Waals surface area contributed by atoms with Crippen LogP contribution < -0.4 is 5.01 Å². The Bertz CT molecular complexity index is 814. The van der Waals surface area contributed by atoms with Crippen LogP contribution in [0, 0.1) is 5.92 Å². The molecule has 2 aromatic rings. The number of carbonyl (C=O) groups is 1. The van der Waals surface area contributed by atoms with Crippen molar-refractivity contribution < 1.29 is 9.90 Å². The molecule has 0 aromatic heterocycles. The van der Waals surface area contributed by atoms with Gasteiger partial charge in [-0.3, -0.25) is 4.79 Å². The van der Waals surface area contributed by atoms with Gasteiger partial charge in [0.05, 0.1) is 11.4 Å². The number of hydrazone groups is 1. The number of aryl methyl sites for hydroxylation is 1. The van der Waals surface area contributed by atoms with E-state index in [0.717, 1.165) is 35.4 Å². The number of phenols is 1. The lowest BCUT2D eigenvalue weighted by Gasteiger charge is -2.33. The molecule has 1 amide bonds. The van der Waals surface area contributed by atoms with Crippen LogP contribution in [0.5, 0.6) is 5.75 Å². The highest BCUT2D eigenvalue weighted by molar-refractivity contribution is 6.30. The van der Waals surface area contributed by atoms with Crippen molar-refractivity contribution in [1.29, 1.82) is 0 Å². The molecule has 116 valence electrons. The van der Waals surface area contributed by atoms with E-state index < -0.39 is 0 Å². The maximum absolute atomic E-state index is 12.4. The van der Waals surface area contributed by atoms with Crippen LogP contribution in [0.3, 0.4) is 0 Å². The molecule has 0 fully saturated rings. The first-order chi connectivity index (χ1) is 11.1. The molecule has 23 heavy (non-hydrogen) atoms. The van der Waals surface area contributed by atoms with E-state index in [9.17, 15) is 9.90 Å². The van der Waals surface area contributed by atoms with Crippen LogP contribution in [0.4, 0.5) is 5.69 Å². The van der Waals surface area contributed by atoms with Gasteiger partial charge in [-0.25, -0.2) is 5.01 Å². The molecule has 1 atom stereocenters. The van der Waals surface area contributed by atoms with Crippen molar-refractivity contribution in [3.05, 3.63) is 58.6 Å². The third-order valence-electron chi connectivity index (χ3n) is 4.45. The number of anilines is 1. The lowest BCUT2D eigenvalue weighted by atomic mass is 9.79. The number of halogens is 1. The lowest BCUT2D eigenvalue weighted by Crippen LogP contribution is -2.39. The molecule has 0 bridgehead atoms. The maximum Gasteiger partial charge on any atom is 0.248 e. The Morgan fingerprint density at radius 1 is 1.17 bits per heavy atom. The van der Waals surface area contributed by atoms with Crippen LogP contribution in [-0.4, -0.2) is 16.7 Å². The Morgan fingerprint density at radius 2 is 1.96 bits per heavy atom. The average Bonchev–Trinajstić information content (AvgIpc) is 2.55. The third-order valence-corrected chi connectivity index (χ3v) is 4.70. The van der Waals surface area contributed by atoms with Crippen LogP contribution in [-0.2, 0) is 11.2 Å². The van der Waals surface area contributed by atoms with E-state index in [2.05, 4.69) is 5.10 Å². The Labute approximate surface area is 139 Å². The van der Waals surface area contributed by atoms with Gasteiger partial charge in [0.2, 0.25) is 5.91 Å². The zero-order valence-corrected chi connectivity index (χ0v) is 13.1. The molecule has 2 aromatic carbocycles. The molecule has 0 spiro atoms. The van der Waals surface area contributed by atoms with E-state index in [1.807, 2.05) is 6.07 Å². The molecule has 4 rings (SSSR count). The van der Waals surface area contributed by atoms with Gasteiger partial charge in [0, 0.05) is 22.9 Å². The number of carbonyl (C=O) groups excluding carboxylic acids is 1. The number of nitrogens with zero attached hydrogens (tertiary/aromatic N) is 2. The van der Waals surface area contributed by atoms with Gasteiger partial charge in [-0.05, 0) is 60.9 Å². The molecule has 0 saturated heterocycles. The van der Waals surface area contributed by atoms with Crippen molar-refractivity contribution in [3.8, 4) is 5.75 Å². The van der Waals surface area contributed by atoms with Crippen LogP contribution >= 0.6 is 11.6 Å². The van der Waals surface area contributed by atoms with Crippen LogP contribution in [0.25, 0.3) is 0 Å². The Kier molecular flexibility index (Phi) is 3.34. The minimum Gasteiger partial charge on any atom is -0.508 e. The van der Waals surface area contributed by atoms with Crippen LogP contribution in [0.1, 0.15) is 24.0 Å². The summed E-state index contributed by atoms with van der Waals surface area (Å²) in [5.41, 5.74) is 3.77. The van der Waals surface area contributed by atoms with Gasteiger partial charge in [0.1, 0.15) is 5.75 Å². The molecule has 2 aliphatic rings. The summed E-state index contributed by atoms with van der Waals surface area (Å²) in [7, 11) is 0. The maximum atomic E-state index is 12.4. The molecule has 0 saturated carbocycles. The highest BCUT2D eigenvalue weighted by Crippen LogP contribution is 2.35. The minimum absolute atomic E-state index is 0.00306. The summed E-state index contributed by atoms with van der Waals surface area (Å²) < 4.78 is 0. The minimum atomic E-state index is 0.00306. The monoisotopic (exact) mass is 326 g/mol. The van der Waals surface area contributed by atoms with Gasteiger partial charge < -0.3 is 5.11 Å². The third kappa shape index (κ3) is 2.49. The fraction of sp³-hybridized carbons (Fsp3) is 0.222. The topological polar surface area (TPSA) is 52.9 Å². The van der Waals surface area contributed by atoms with Gasteiger partial charge in [0.25, 0.3) is 0 Å². The molecule has 1 aliphatic carbocycles. The van der Waals surface area contributed by atoms with Crippen molar-refractivity contribution in [1.82, 2.24) is 0 Å². The Hall–Kier alpha value is -2.33. The molecule has 0 radical (unpaired) electrons. The largest absolute Gasteiger partial charge is 0.508 e. The zero-order valence-electron chi connectivity index (χ0n) is 12.4. The summed E-state index contributed by atoms with van der Waals surface area (Å²) in [5.74, 6) is 0.427. The normalized spacial score (nSPS) is 19.9. The molecule has 4 nitrogen and oxygen atoms in total. The smallest absolute Gasteiger partial charge is 0.248 e. The standard InChI is InChI=1S/C18H15ClN2O2/c19-13-3-5-14(6-4-13)21-17(23)10-12-2-1-11-9-15(22)7-8-16(11)18(12)20-21/h3-9,12,22H,1-2,10H2. The summed E-state index contributed by atoms with van der Waals surface area (Å²) in [4.78, 5) is 12.4. The van der Waals surface area contributed by atoms with Gasteiger partial charge in [-0.1, -0.05) is 11.6 Å². The average molecular weight is 327 g/mol. The van der Waals surface area contributed by atoms with Gasteiger partial charge >= 0.3 is 0 Å². The van der Waals surface area contributed by atoms with E-state index in [0.29, 0.717) is 11.4 Å². The molecular formula is C18H15ClN2O2. The van der Waals surface area contributed by atoms with Gasteiger partial charge in [-0.2, -0.15) is 5.10 Å². The summed E-state index contributed by atoms with van der Waals surface area (Å²) in [6.45, 7) is 0. The van der Waals surface area contributed by atoms with E-state index >= 15 is 0 Å². The van der Waals surface area contributed by atoms with Crippen molar-refractivity contribution in [2.75, 3.05) is 5.01 Å². The first kappa shape index (κ1) is 14.3. The second kappa shape index (κ2) is 5.39. The summed E-state index contributed by atoms with van der Waals surface area (Å²) in [5, 5.41) is 16.4. The molecule has 1 aliphatic heterocycles. The second-order valence-corrected chi connectivity index (χ2v) is 6.38. The van der Waals surface area contributed by atoms with Crippen molar-refractivity contribution in [2.24, 2.45) is 11.0 Å². The fourth-order valence-corrected chi connectivity index (χ4v) is 3.43. The molecule has 1 unspecified atom stereocenters.